The van der Waals surface area contributed by atoms with Crippen LogP contribution in [0.2, 0.25) is 0 Å². The third-order valence-electron chi connectivity index (χ3n) is 2.20. The Morgan fingerprint density at radius 3 is 2.93 bits per heavy atom. The van der Waals surface area contributed by atoms with Crippen LogP contribution in [0.4, 0.5) is 5.95 Å². The van der Waals surface area contributed by atoms with Gasteiger partial charge in [-0.15, -0.1) is 0 Å². The first-order chi connectivity index (χ1) is 6.90. The molecular formula is C9H14N4O. The van der Waals surface area contributed by atoms with Gasteiger partial charge in [0, 0.05) is 25.8 Å². The minimum Gasteiger partial charge on any atom is -0.378 e. The van der Waals surface area contributed by atoms with Gasteiger partial charge in [-0.3, -0.25) is 0 Å². The fraction of sp³-hybridized carbons (Fsp3) is 0.556. The summed E-state index contributed by atoms with van der Waals surface area (Å²) in [6, 6.07) is 1.84. The van der Waals surface area contributed by atoms with Crippen molar-refractivity contribution in [3.63, 3.8) is 0 Å². The quantitative estimate of drug-likeness (QED) is 0.704. The number of ether oxygens (including phenoxy) is 1. The highest BCUT2D eigenvalue weighted by Crippen LogP contribution is 2.09. The molecule has 2 rings (SSSR count). The molecular weight excluding hydrogens is 180 g/mol. The van der Waals surface area contributed by atoms with E-state index in [4.69, 9.17) is 10.5 Å². The first-order valence-corrected chi connectivity index (χ1v) is 4.75. The monoisotopic (exact) mass is 194 g/mol. The molecule has 1 saturated heterocycles. The number of nitrogens with zero attached hydrogens (tertiary/aromatic N) is 3. The van der Waals surface area contributed by atoms with Gasteiger partial charge in [-0.1, -0.05) is 0 Å². The van der Waals surface area contributed by atoms with Crippen LogP contribution in [-0.4, -0.2) is 36.3 Å². The summed E-state index contributed by atoms with van der Waals surface area (Å²) < 4.78 is 5.26. The van der Waals surface area contributed by atoms with Crippen LogP contribution in [0.1, 0.15) is 5.69 Å². The summed E-state index contributed by atoms with van der Waals surface area (Å²) in [6.45, 7) is 3.66. The van der Waals surface area contributed by atoms with E-state index in [1.165, 1.54) is 0 Å². The maximum atomic E-state index is 5.51. The Balaban J connectivity index is 2.13. The minimum atomic E-state index is 0.458. The Morgan fingerprint density at radius 2 is 2.21 bits per heavy atom. The molecule has 0 aliphatic carbocycles. The number of hydrogen-bond acceptors (Lipinski definition) is 5. The van der Waals surface area contributed by atoms with Crippen molar-refractivity contribution < 1.29 is 4.74 Å². The van der Waals surface area contributed by atoms with Gasteiger partial charge >= 0.3 is 0 Å². The predicted octanol–water partition coefficient (Wildman–Crippen LogP) is -0.228. The molecule has 0 atom stereocenters. The van der Waals surface area contributed by atoms with Crippen LogP contribution in [0.25, 0.3) is 0 Å². The molecule has 5 heteroatoms. The maximum absolute atomic E-state index is 5.51. The van der Waals surface area contributed by atoms with Gasteiger partial charge < -0.3 is 15.4 Å². The Morgan fingerprint density at radius 1 is 1.43 bits per heavy atom. The lowest BCUT2D eigenvalue weighted by Crippen LogP contribution is -2.37. The average molecular weight is 194 g/mol. The van der Waals surface area contributed by atoms with E-state index in [1.54, 1.807) is 6.20 Å². The van der Waals surface area contributed by atoms with Crippen molar-refractivity contribution in [1.82, 2.24) is 9.97 Å². The molecule has 2 N–H and O–H groups in total. The van der Waals surface area contributed by atoms with Gasteiger partial charge in [0.05, 0.1) is 18.9 Å². The number of morpholine rings is 1. The molecule has 1 aromatic rings. The summed E-state index contributed by atoms with van der Waals surface area (Å²) >= 11 is 0. The summed E-state index contributed by atoms with van der Waals surface area (Å²) in [4.78, 5) is 10.7. The SMILES string of the molecule is NCc1ccnc(N2CCOCC2)n1. The van der Waals surface area contributed by atoms with Gasteiger partial charge in [-0.25, -0.2) is 9.97 Å². The molecule has 1 aromatic heterocycles. The van der Waals surface area contributed by atoms with Gasteiger partial charge in [0.1, 0.15) is 0 Å². The summed E-state index contributed by atoms with van der Waals surface area (Å²) in [6.07, 6.45) is 1.75. The molecule has 0 aromatic carbocycles. The highest BCUT2D eigenvalue weighted by molar-refractivity contribution is 5.30. The fourth-order valence-electron chi connectivity index (χ4n) is 1.41. The largest absolute Gasteiger partial charge is 0.378 e. The highest BCUT2D eigenvalue weighted by atomic mass is 16.5. The molecule has 76 valence electrons. The summed E-state index contributed by atoms with van der Waals surface area (Å²) in [5, 5.41) is 0. The third-order valence-corrected chi connectivity index (χ3v) is 2.20. The maximum Gasteiger partial charge on any atom is 0.225 e. The molecule has 2 heterocycles. The lowest BCUT2D eigenvalue weighted by molar-refractivity contribution is 0.122. The molecule has 0 radical (unpaired) electrons. The second-order valence-corrected chi connectivity index (χ2v) is 3.15. The molecule has 1 aliphatic rings. The van der Waals surface area contributed by atoms with Crippen molar-refractivity contribution in [3.05, 3.63) is 18.0 Å². The molecule has 0 bridgehead atoms. The number of hydrogen-bond donors (Lipinski definition) is 1. The van der Waals surface area contributed by atoms with Crippen molar-refractivity contribution in [3.8, 4) is 0 Å². The van der Waals surface area contributed by atoms with Gasteiger partial charge in [-0.2, -0.15) is 0 Å². The topological polar surface area (TPSA) is 64.3 Å². The van der Waals surface area contributed by atoms with E-state index >= 15 is 0 Å². The Bertz CT molecular complexity index is 299. The van der Waals surface area contributed by atoms with E-state index in [-0.39, 0.29) is 0 Å². The van der Waals surface area contributed by atoms with E-state index in [0.29, 0.717) is 6.54 Å². The zero-order chi connectivity index (χ0) is 9.80. The molecule has 0 saturated carbocycles. The van der Waals surface area contributed by atoms with Crippen LogP contribution < -0.4 is 10.6 Å². The summed E-state index contributed by atoms with van der Waals surface area (Å²) in [7, 11) is 0. The number of anilines is 1. The zero-order valence-corrected chi connectivity index (χ0v) is 8.02. The first kappa shape index (κ1) is 9.36. The molecule has 1 fully saturated rings. The van der Waals surface area contributed by atoms with Crippen LogP contribution in [0, 0.1) is 0 Å². The van der Waals surface area contributed by atoms with Crippen molar-refractivity contribution in [1.29, 1.82) is 0 Å². The molecule has 0 spiro atoms. The number of rotatable bonds is 2. The number of aromatic nitrogens is 2. The van der Waals surface area contributed by atoms with Gasteiger partial charge in [-0.05, 0) is 6.07 Å². The third kappa shape index (κ3) is 2.00. The number of nitrogens with two attached hydrogens (primary N) is 1. The Labute approximate surface area is 82.9 Å². The van der Waals surface area contributed by atoms with Crippen LogP contribution in [0.15, 0.2) is 12.3 Å². The smallest absolute Gasteiger partial charge is 0.225 e. The fourth-order valence-corrected chi connectivity index (χ4v) is 1.41. The van der Waals surface area contributed by atoms with E-state index in [1.807, 2.05) is 6.07 Å². The van der Waals surface area contributed by atoms with Gasteiger partial charge in [0.2, 0.25) is 5.95 Å². The minimum absolute atomic E-state index is 0.458. The molecule has 1 aliphatic heterocycles. The second-order valence-electron chi connectivity index (χ2n) is 3.15. The lowest BCUT2D eigenvalue weighted by atomic mass is 10.4. The van der Waals surface area contributed by atoms with E-state index in [2.05, 4.69) is 14.9 Å². The van der Waals surface area contributed by atoms with E-state index in [9.17, 15) is 0 Å². The zero-order valence-electron chi connectivity index (χ0n) is 8.02. The van der Waals surface area contributed by atoms with Crippen LogP contribution >= 0.6 is 0 Å². The summed E-state index contributed by atoms with van der Waals surface area (Å²) in [5.74, 6) is 0.760. The predicted molar refractivity (Wildman–Crippen MR) is 53.0 cm³/mol. The van der Waals surface area contributed by atoms with Gasteiger partial charge in [0.15, 0.2) is 0 Å². The highest BCUT2D eigenvalue weighted by Gasteiger charge is 2.13. The Kier molecular flexibility index (Phi) is 2.90. The van der Waals surface area contributed by atoms with E-state index < -0.39 is 0 Å². The second kappa shape index (κ2) is 4.34. The van der Waals surface area contributed by atoms with E-state index in [0.717, 1.165) is 37.9 Å². The molecule has 0 amide bonds. The average Bonchev–Trinajstić information content (AvgIpc) is 2.30. The Hall–Kier alpha value is -1.20. The first-order valence-electron chi connectivity index (χ1n) is 4.75. The van der Waals surface area contributed by atoms with Crippen LogP contribution in [0.3, 0.4) is 0 Å². The van der Waals surface area contributed by atoms with Crippen molar-refractivity contribution >= 4 is 5.95 Å². The van der Waals surface area contributed by atoms with Crippen molar-refractivity contribution in [2.75, 3.05) is 31.2 Å². The normalized spacial score (nSPS) is 17.1. The van der Waals surface area contributed by atoms with Crippen LogP contribution in [0.5, 0.6) is 0 Å². The molecule has 0 unspecified atom stereocenters. The lowest BCUT2D eigenvalue weighted by Gasteiger charge is -2.26. The standard InChI is InChI=1S/C9H14N4O/c10-7-8-1-2-11-9(12-8)13-3-5-14-6-4-13/h1-2H,3-7,10H2. The van der Waals surface area contributed by atoms with Crippen LogP contribution in [-0.2, 0) is 11.3 Å². The molecule has 5 nitrogen and oxygen atoms in total. The van der Waals surface area contributed by atoms with Crippen molar-refractivity contribution in [2.45, 2.75) is 6.54 Å². The van der Waals surface area contributed by atoms with Gasteiger partial charge in [0.25, 0.3) is 0 Å². The molecule has 14 heavy (non-hydrogen) atoms. The summed E-state index contributed by atoms with van der Waals surface area (Å²) in [5.41, 5.74) is 6.39. The van der Waals surface area contributed by atoms with Crippen molar-refractivity contribution in [2.24, 2.45) is 5.73 Å².